The number of halogens is 2. The maximum absolute atomic E-state index is 14.0. The maximum Gasteiger partial charge on any atom is 0.177 e. The summed E-state index contributed by atoms with van der Waals surface area (Å²) in [6.07, 6.45) is 9.09. The second-order valence-corrected chi connectivity index (χ2v) is 10.2. The lowest BCUT2D eigenvalue weighted by atomic mass is 9.90. The molecule has 1 saturated heterocycles. The smallest absolute Gasteiger partial charge is 0.177 e. The van der Waals surface area contributed by atoms with Gasteiger partial charge in [0.25, 0.3) is 0 Å². The van der Waals surface area contributed by atoms with Gasteiger partial charge in [-0.1, -0.05) is 43.4 Å². The zero-order valence-electron chi connectivity index (χ0n) is 20.1. The molecule has 1 N–H and O–H groups in total. The molecule has 0 unspecified atom stereocenters. The molecular weight excluding hydrogens is 498 g/mol. The number of aliphatic hydroxyl groups is 1. The first-order valence-corrected chi connectivity index (χ1v) is 12.6. The monoisotopic (exact) mass is 524 g/mol. The van der Waals surface area contributed by atoms with Gasteiger partial charge in [-0.05, 0) is 35.9 Å². The molecule has 7 nitrogen and oxygen atoms in total. The van der Waals surface area contributed by atoms with E-state index in [9.17, 15) is 13.9 Å². The Labute approximate surface area is 218 Å². The van der Waals surface area contributed by atoms with Crippen LogP contribution in [0.3, 0.4) is 0 Å². The fraction of sp³-hybridized carbons (Fsp3) is 0.296. The summed E-state index contributed by atoms with van der Waals surface area (Å²) in [6.45, 7) is 2.87. The number of hydrogen-bond acceptors (Lipinski definition) is 7. The fourth-order valence-electron chi connectivity index (χ4n) is 3.89. The van der Waals surface area contributed by atoms with Crippen molar-refractivity contribution in [2.24, 2.45) is 0 Å². The number of rotatable bonds is 9. The average molecular weight is 525 g/mol. The molecule has 0 saturated carbocycles. The fourth-order valence-corrected chi connectivity index (χ4v) is 5.22. The Bertz CT molecular complexity index is 1270. The van der Waals surface area contributed by atoms with Crippen molar-refractivity contribution in [2.45, 2.75) is 35.9 Å². The van der Waals surface area contributed by atoms with Crippen molar-refractivity contribution in [3.63, 3.8) is 0 Å². The molecule has 2 heterocycles. The van der Waals surface area contributed by atoms with E-state index in [-0.39, 0.29) is 28.4 Å². The number of hydrogen-bond donors (Lipinski definition) is 1. The summed E-state index contributed by atoms with van der Waals surface area (Å²) < 4.78 is 40.6. The Morgan fingerprint density at radius 2 is 1.97 bits per heavy atom. The number of nitrogens with zero attached hydrogens (tertiary/aromatic N) is 4. The molecule has 1 aliphatic rings. The van der Waals surface area contributed by atoms with Crippen molar-refractivity contribution in [3.8, 4) is 6.07 Å². The summed E-state index contributed by atoms with van der Waals surface area (Å²) in [5, 5.41) is 24.3. The van der Waals surface area contributed by atoms with Gasteiger partial charge in [0.15, 0.2) is 6.29 Å². The van der Waals surface area contributed by atoms with Crippen LogP contribution >= 0.6 is 11.8 Å². The van der Waals surface area contributed by atoms with E-state index >= 15 is 0 Å². The average Bonchev–Trinajstić information content (AvgIpc) is 3.41. The van der Waals surface area contributed by atoms with Gasteiger partial charge in [0.2, 0.25) is 0 Å². The minimum atomic E-state index is -1.34. The second kappa shape index (κ2) is 12.3. The van der Waals surface area contributed by atoms with E-state index in [1.807, 2.05) is 13.0 Å². The maximum atomic E-state index is 14.0. The Balaban J connectivity index is 1.33. The predicted octanol–water partition coefficient (Wildman–Crippen LogP) is 4.45. The normalized spacial score (nSPS) is 20.6. The number of benzene rings is 2. The van der Waals surface area contributed by atoms with Crippen molar-refractivity contribution in [3.05, 3.63) is 102 Å². The minimum Gasteiger partial charge on any atom is -0.382 e. The van der Waals surface area contributed by atoms with E-state index in [2.05, 4.69) is 10.1 Å². The van der Waals surface area contributed by atoms with Gasteiger partial charge in [0.1, 0.15) is 29.9 Å². The zero-order chi connectivity index (χ0) is 26.3. The van der Waals surface area contributed by atoms with Crippen LogP contribution in [-0.2, 0) is 21.6 Å². The summed E-state index contributed by atoms with van der Waals surface area (Å²) in [5.74, 6) is -0.843. The zero-order valence-corrected chi connectivity index (χ0v) is 20.9. The summed E-state index contributed by atoms with van der Waals surface area (Å²) in [7, 11) is 0. The van der Waals surface area contributed by atoms with Crippen molar-refractivity contribution in [1.29, 1.82) is 5.26 Å². The quantitative estimate of drug-likeness (QED) is 0.414. The summed E-state index contributed by atoms with van der Waals surface area (Å²) in [6, 6.07) is 12.0. The molecule has 192 valence electrons. The molecule has 1 aliphatic heterocycles. The third kappa shape index (κ3) is 6.90. The van der Waals surface area contributed by atoms with E-state index in [1.54, 1.807) is 53.3 Å². The van der Waals surface area contributed by atoms with E-state index < -0.39 is 17.7 Å². The van der Waals surface area contributed by atoms with Gasteiger partial charge in [-0.15, -0.1) is 11.8 Å². The Hall–Kier alpha value is -3.36. The Kier molecular flexibility index (Phi) is 8.84. The van der Waals surface area contributed by atoms with Crippen molar-refractivity contribution in [2.75, 3.05) is 13.2 Å². The van der Waals surface area contributed by atoms with Crippen LogP contribution in [0.15, 0.2) is 73.3 Å². The molecular formula is C27H26F2N4O3S. The predicted molar refractivity (Wildman–Crippen MR) is 136 cm³/mol. The number of allylic oxidation sites excluding steroid dienone is 2. The molecule has 0 spiro atoms. The van der Waals surface area contributed by atoms with Crippen LogP contribution < -0.4 is 0 Å². The number of aromatic nitrogens is 3. The third-order valence-electron chi connectivity index (χ3n) is 5.96. The number of thioether (sulfide) groups is 1. The molecule has 2 atom stereocenters. The molecule has 10 heteroatoms. The molecule has 0 aliphatic carbocycles. The van der Waals surface area contributed by atoms with Crippen LogP contribution in [-0.4, -0.2) is 49.9 Å². The first-order chi connectivity index (χ1) is 17.9. The van der Waals surface area contributed by atoms with Gasteiger partial charge in [0.05, 0.1) is 36.6 Å². The van der Waals surface area contributed by atoms with Crippen molar-refractivity contribution >= 4 is 17.8 Å². The first-order valence-electron chi connectivity index (χ1n) is 11.6. The van der Waals surface area contributed by atoms with Gasteiger partial charge < -0.3 is 14.6 Å². The molecule has 1 fully saturated rings. The lowest BCUT2D eigenvalue weighted by molar-refractivity contribution is -0.146. The molecule has 0 bridgehead atoms. The number of nitriles is 1. The highest BCUT2D eigenvalue weighted by Gasteiger charge is 2.39. The molecule has 2 aromatic carbocycles. The van der Waals surface area contributed by atoms with Gasteiger partial charge >= 0.3 is 0 Å². The molecule has 1 aromatic heterocycles. The van der Waals surface area contributed by atoms with E-state index in [4.69, 9.17) is 14.7 Å². The SMILES string of the molecule is C[C@@H](S[C@H]1CO[C@H](/C=C/C=C/c2ccc(C#N)cc2F)OC1)[C@](O)(Cn1cncn1)c1ccc(F)cc1. The second-order valence-electron chi connectivity index (χ2n) is 8.55. The van der Waals surface area contributed by atoms with Gasteiger partial charge in [-0.25, -0.2) is 18.4 Å². The first kappa shape index (κ1) is 26.7. The van der Waals surface area contributed by atoms with Crippen molar-refractivity contribution < 1.29 is 23.4 Å². The lowest BCUT2D eigenvalue weighted by Crippen LogP contribution is -2.43. The lowest BCUT2D eigenvalue weighted by Gasteiger charge is -2.37. The summed E-state index contributed by atoms with van der Waals surface area (Å²) in [5.41, 5.74) is -0.119. The largest absolute Gasteiger partial charge is 0.382 e. The highest BCUT2D eigenvalue weighted by Crippen LogP contribution is 2.37. The molecule has 0 amide bonds. The van der Waals surface area contributed by atoms with Gasteiger partial charge in [-0.3, -0.25) is 0 Å². The number of ether oxygens (including phenoxy) is 2. The molecule has 37 heavy (non-hydrogen) atoms. The van der Waals surface area contributed by atoms with Crippen LogP contribution in [0, 0.1) is 23.0 Å². The molecule has 4 rings (SSSR count). The molecule has 3 aromatic rings. The van der Waals surface area contributed by atoms with Gasteiger partial charge in [-0.2, -0.15) is 10.4 Å². The standard InChI is InChI=1S/C27H26F2N4O3S/c1-19(27(34,16-33-18-31-17-32-33)22-8-10-23(28)11-9-22)37-24-14-35-26(36-15-24)5-3-2-4-21-7-6-20(13-30)12-25(21)29/h2-12,17-19,24,26,34H,14-16H2,1H3/b4-2+,5-3+/t19-,24-,26-,27-/m1/s1. The van der Waals surface area contributed by atoms with Crippen LogP contribution in [0.1, 0.15) is 23.6 Å². The highest BCUT2D eigenvalue weighted by atomic mass is 32.2. The van der Waals surface area contributed by atoms with E-state index in [1.165, 1.54) is 42.6 Å². The van der Waals surface area contributed by atoms with Crippen LogP contribution in [0.4, 0.5) is 8.78 Å². The third-order valence-corrected chi connectivity index (χ3v) is 7.42. The van der Waals surface area contributed by atoms with Crippen LogP contribution in [0.2, 0.25) is 0 Å². The highest BCUT2D eigenvalue weighted by molar-refractivity contribution is 8.00. The van der Waals surface area contributed by atoms with E-state index in [0.29, 0.717) is 24.3 Å². The topological polar surface area (TPSA) is 93.2 Å². The summed E-state index contributed by atoms with van der Waals surface area (Å²) >= 11 is 1.52. The van der Waals surface area contributed by atoms with Crippen molar-refractivity contribution in [1.82, 2.24) is 14.8 Å². The van der Waals surface area contributed by atoms with E-state index in [0.717, 1.165) is 0 Å². The minimum absolute atomic E-state index is 0.0364. The van der Waals surface area contributed by atoms with Crippen LogP contribution in [0.5, 0.6) is 0 Å². The van der Waals surface area contributed by atoms with Gasteiger partial charge in [0, 0.05) is 10.8 Å². The van der Waals surface area contributed by atoms with Crippen LogP contribution in [0.25, 0.3) is 6.08 Å². The Morgan fingerprint density at radius 1 is 1.22 bits per heavy atom. The summed E-state index contributed by atoms with van der Waals surface area (Å²) in [4.78, 5) is 3.95. The molecule has 0 radical (unpaired) electrons. The Morgan fingerprint density at radius 3 is 2.62 bits per heavy atom.